The summed E-state index contributed by atoms with van der Waals surface area (Å²) in [6.07, 6.45) is -5.03. The quantitative estimate of drug-likeness (QED) is 0.626. The summed E-state index contributed by atoms with van der Waals surface area (Å²) in [7, 11) is 0. The van der Waals surface area contributed by atoms with Crippen molar-refractivity contribution in [3.63, 3.8) is 0 Å². The second-order valence-electron chi connectivity index (χ2n) is 3.64. The fraction of sp³-hybridized carbons (Fsp3) is 0.455. The Morgan fingerprint density at radius 3 is 2.35 bits per heavy atom. The molecular weight excluding hydrogens is 241 g/mol. The fourth-order valence-corrected chi connectivity index (χ4v) is 1.30. The monoisotopic (exact) mass is 253 g/mol. The van der Waals surface area contributed by atoms with Crippen LogP contribution in [0.15, 0.2) is 18.2 Å². The third kappa shape index (κ3) is 5.63. The Balaban J connectivity index is 2.25. The summed E-state index contributed by atoms with van der Waals surface area (Å²) in [6, 6.07) is 3.39. The molecule has 0 saturated heterocycles. The van der Waals surface area contributed by atoms with Crippen LogP contribution in [0.1, 0.15) is 18.4 Å². The summed E-state index contributed by atoms with van der Waals surface area (Å²) in [5.41, 5.74) is 0.496. The minimum atomic E-state index is -4.15. The number of halogens is 5. The Morgan fingerprint density at radius 2 is 1.76 bits per heavy atom. The van der Waals surface area contributed by atoms with Gasteiger partial charge in [0.2, 0.25) is 0 Å². The van der Waals surface area contributed by atoms with Gasteiger partial charge in [-0.1, -0.05) is 6.07 Å². The lowest BCUT2D eigenvalue weighted by atomic mass is 10.2. The lowest BCUT2D eigenvalue weighted by molar-refractivity contribution is -0.135. The van der Waals surface area contributed by atoms with Crippen molar-refractivity contribution in [2.75, 3.05) is 6.54 Å². The summed E-state index contributed by atoms with van der Waals surface area (Å²) in [5, 5.41) is 2.73. The van der Waals surface area contributed by atoms with Crippen molar-refractivity contribution in [1.29, 1.82) is 0 Å². The maximum absolute atomic E-state index is 12.8. The second kappa shape index (κ2) is 5.95. The number of hydrogen-bond acceptors (Lipinski definition) is 1. The molecule has 17 heavy (non-hydrogen) atoms. The van der Waals surface area contributed by atoms with Gasteiger partial charge in [0.25, 0.3) is 0 Å². The van der Waals surface area contributed by atoms with E-state index in [1.54, 1.807) is 0 Å². The van der Waals surface area contributed by atoms with Crippen LogP contribution in [0, 0.1) is 11.6 Å². The van der Waals surface area contributed by atoms with Crippen molar-refractivity contribution in [3.05, 3.63) is 35.4 Å². The van der Waals surface area contributed by atoms with E-state index in [-0.39, 0.29) is 19.5 Å². The first-order valence-corrected chi connectivity index (χ1v) is 5.10. The van der Waals surface area contributed by atoms with Crippen LogP contribution in [0.3, 0.4) is 0 Å². The summed E-state index contributed by atoms with van der Waals surface area (Å²) >= 11 is 0. The highest BCUT2D eigenvalue weighted by Crippen LogP contribution is 2.20. The van der Waals surface area contributed by atoms with Gasteiger partial charge in [-0.3, -0.25) is 0 Å². The molecule has 0 unspecified atom stereocenters. The topological polar surface area (TPSA) is 12.0 Å². The van der Waals surface area contributed by atoms with Gasteiger partial charge in [0.15, 0.2) is 11.6 Å². The van der Waals surface area contributed by atoms with Crippen LogP contribution >= 0.6 is 0 Å². The van der Waals surface area contributed by atoms with Crippen LogP contribution in [0.25, 0.3) is 0 Å². The van der Waals surface area contributed by atoms with E-state index in [2.05, 4.69) is 5.32 Å². The second-order valence-corrected chi connectivity index (χ2v) is 3.64. The molecule has 6 heteroatoms. The van der Waals surface area contributed by atoms with Crippen molar-refractivity contribution < 1.29 is 22.0 Å². The van der Waals surface area contributed by atoms with Gasteiger partial charge in [-0.2, -0.15) is 13.2 Å². The van der Waals surface area contributed by atoms with E-state index in [0.29, 0.717) is 5.56 Å². The highest BCUT2D eigenvalue weighted by atomic mass is 19.4. The average molecular weight is 253 g/mol. The SMILES string of the molecule is Fc1ccc(CNCCCC(F)(F)F)cc1F. The van der Waals surface area contributed by atoms with Gasteiger partial charge >= 0.3 is 6.18 Å². The summed E-state index contributed by atoms with van der Waals surface area (Å²) in [5.74, 6) is -1.90. The van der Waals surface area contributed by atoms with Crippen molar-refractivity contribution in [2.24, 2.45) is 0 Å². The molecule has 0 radical (unpaired) electrons. The van der Waals surface area contributed by atoms with E-state index < -0.39 is 24.2 Å². The number of rotatable bonds is 5. The molecule has 0 heterocycles. The van der Waals surface area contributed by atoms with Gasteiger partial charge < -0.3 is 5.32 Å². The first-order valence-electron chi connectivity index (χ1n) is 5.10. The van der Waals surface area contributed by atoms with E-state index in [1.165, 1.54) is 6.07 Å². The average Bonchev–Trinajstić information content (AvgIpc) is 2.21. The van der Waals surface area contributed by atoms with Crippen LogP contribution < -0.4 is 5.32 Å². The van der Waals surface area contributed by atoms with Crippen molar-refractivity contribution in [1.82, 2.24) is 5.32 Å². The van der Waals surface area contributed by atoms with E-state index in [1.807, 2.05) is 0 Å². The van der Waals surface area contributed by atoms with Gasteiger partial charge in [0.1, 0.15) is 0 Å². The van der Waals surface area contributed by atoms with E-state index in [0.717, 1.165) is 12.1 Å². The molecular formula is C11H12F5N. The van der Waals surface area contributed by atoms with Crippen molar-refractivity contribution >= 4 is 0 Å². The molecule has 1 aromatic carbocycles. The zero-order valence-corrected chi connectivity index (χ0v) is 8.95. The highest BCUT2D eigenvalue weighted by Gasteiger charge is 2.25. The van der Waals surface area contributed by atoms with Gasteiger partial charge in [-0.15, -0.1) is 0 Å². The first kappa shape index (κ1) is 13.9. The van der Waals surface area contributed by atoms with Gasteiger partial charge in [-0.05, 0) is 30.7 Å². The van der Waals surface area contributed by atoms with Gasteiger partial charge in [0.05, 0.1) is 0 Å². The maximum atomic E-state index is 12.8. The molecule has 0 aliphatic carbocycles. The van der Waals surface area contributed by atoms with Crippen LogP contribution in [0.2, 0.25) is 0 Å². The smallest absolute Gasteiger partial charge is 0.313 e. The minimum Gasteiger partial charge on any atom is -0.313 e. The molecule has 96 valence electrons. The molecule has 1 N–H and O–H groups in total. The Labute approximate surface area is 95.6 Å². The predicted octanol–water partition coefficient (Wildman–Crippen LogP) is 3.40. The first-order chi connectivity index (χ1) is 7.88. The molecule has 0 aliphatic rings. The third-order valence-corrected chi connectivity index (χ3v) is 2.13. The summed E-state index contributed by atoms with van der Waals surface area (Å²) in [4.78, 5) is 0. The zero-order chi connectivity index (χ0) is 12.9. The molecule has 0 aliphatic heterocycles. The summed E-state index contributed by atoms with van der Waals surface area (Å²) < 4.78 is 60.7. The number of nitrogens with one attached hydrogen (secondary N) is 1. The van der Waals surface area contributed by atoms with Crippen molar-refractivity contribution in [3.8, 4) is 0 Å². The maximum Gasteiger partial charge on any atom is 0.389 e. The van der Waals surface area contributed by atoms with Crippen LogP contribution in [-0.2, 0) is 6.54 Å². The molecule has 0 aromatic heterocycles. The number of alkyl halides is 3. The van der Waals surface area contributed by atoms with Crippen LogP contribution in [0.5, 0.6) is 0 Å². The van der Waals surface area contributed by atoms with E-state index >= 15 is 0 Å². The van der Waals surface area contributed by atoms with E-state index in [4.69, 9.17) is 0 Å². The normalized spacial score (nSPS) is 11.8. The highest BCUT2D eigenvalue weighted by molar-refractivity contribution is 5.17. The molecule has 0 amide bonds. The lowest BCUT2D eigenvalue weighted by Crippen LogP contribution is -2.17. The zero-order valence-electron chi connectivity index (χ0n) is 8.95. The molecule has 0 saturated carbocycles. The molecule has 0 spiro atoms. The standard InChI is InChI=1S/C11H12F5N/c12-9-3-2-8(6-10(9)13)7-17-5-1-4-11(14,15)16/h2-3,6,17H,1,4-5,7H2. The Morgan fingerprint density at radius 1 is 1.06 bits per heavy atom. The largest absolute Gasteiger partial charge is 0.389 e. The molecule has 0 fully saturated rings. The fourth-order valence-electron chi connectivity index (χ4n) is 1.30. The lowest BCUT2D eigenvalue weighted by Gasteiger charge is -2.07. The van der Waals surface area contributed by atoms with Crippen molar-refractivity contribution in [2.45, 2.75) is 25.6 Å². The Hall–Kier alpha value is -1.17. The predicted molar refractivity (Wildman–Crippen MR) is 53.4 cm³/mol. The van der Waals surface area contributed by atoms with Crippen LogP contribution in [0.4, 0.5) is 22.0 Å². The molecule has 0 bridgehead atoms. The number of hydrogen-bond donors (Lipinski definition) is 1. The third-order valence-electron chi connectivity index (χ3n) is 2.13. The molecule has 1 aromatic rings. The Kier molecular flexibility index (Phi) is 4.86. The Bertz CT molecular complexity index is 361. The summed E-state index contributed by atoms with van der Waals surface area (Å²) in [6.45, 7) is 0.396. The van der Waals surface area contributed by atoms with E-state index in [9.17, 15) is 22.0 Å². The molecule has 0 atom stereocenters. The molecule has 1 nitrogen and oxygen atoms in total. The van der Waals surface area contributed by atoms with Gasteiger partial charge in [0, 0.05) is 13.0 Å². The van der Waals surface area contributed by atoms with Gasteiger partial charge in [-0.25, -0.2) is 8.78 Å². The van der Waals surface area contributed by atoms with Crippen LogP contribution in [-0.4, -0.2) is 12.7 Å². The minimum absolute atomic E-state index is 0.0345. The molecule has 1 rings (SSSR count). The number of benzene rings is 1.